The van der Waals surface area contributed by atoms with Crippen molar-refractivity contribution in [3.63, 3.8) is 0 Å². The predicted octanol–water partition coefficient (Wildman–Crippen LogP) is 1.47. The molecule has 0 heterocycles. The SMILES string of the molecule is CC.CC(C)(C(C=O)CC=O)[N+](=O)[O-]. The third-order valence-electron chi connectivity index (χ3n) is 1.89. The second-order valence-electron chi connectivity index (χ2n) is 3.06. The molecule has 1 atom stereocenters. The molecule has 0 aliphatic rings. The highest BCUT2D eigenvalue weighted by atomic mass is 16.6. The van der Waals surface area contributed by atoms with E-state index < -0.39 is 16.4 Å². The van der Waals surface area contributed by atoms with Crippen molar-refractivity contribution in [2.75, 3.05) is 0 Å². The molecule has 0 radical (unpaired) electrons. The molecule has 0 rings (SSSR count). The maximum absolute atomic E-state index is 10.4. The molecule has 0 saturated heterocycles. The lowest BCUT2D eigenvalue weighted by molar-refractivity contribution is -0.567. The molecule has 0 aromatic carbocycles. The van der Waals surface area contributed by atoms with Gasteiger partial charge in [0, 0.05) is 25.2 Å². The summed E-state index contributed by atoms with van der Waals surface area (Å²) in [6.45, 7) is 6.66. The van der Waals surface area contributed by atoms with Crippen molar-refractivity contribution in [3.05, 3.63) is 10.1 Å². The minimum absolute atomic E-state index is 0.0997. The minimum atomic E-state index is -1.36. The van der Waals surface area contributed by atoms with Crippen LogP contribution in [0.5, 0.6) is 0 Å². The van der Waals surface area contributed by atoms with Crippen molar-refractivity contribution in [3.8, 4) is 0 Å². The van der Waals surface area contributed by atoms with Crippen molar-refractivity contribution in [2.24, 2.45) is 5.92 Å². The average Bonchev–Trinajstić information content (AvgIpc) is 2.16. The predicted molar refractivity (Wildman–Crippen MR) is 52.7 cm³/mol. The molecule has 5 heteroatoms. The first-order valence-electron chi connectivity index (χ1n) is 4.50. The summed E-state index contributed by atoms with van der Waals surface area (Å²) in [5.74, 6) is -0.843. The molecular formula is C9H17NO4. The van der Waals surface area contributed by atoms with Crippen LogP contribution < -0.4 is 0 Å². The highest BCUT2D eigenvalue weighted by molar-refractivity contribution is 5.63. The van der Waals surface area contributed by atoms with Crippen LogP contribution in [-0.2, 0) is 9.59 Å². The van der Waals surface area contributed by atoms with Crippen molar-refractivity contribution in [2.45, 2.75) is 39.7 Å². The Labute approximate surface area is 83.6 Å². The van der Waals surface area contributed by atoms with Crippen LogP contribution in [0.25, 0.3) is 0 Å². The molecule has 5 nitrogen and oxygen atoms in total. The lowest BCUT2D eigenvalue weighted by Crippen LogP contribution is -2.40. The number of hydrogen-bond acceptors (Lipinski definition) is 4. The van der Waals surface area contributed by atoms with Gasteiger partial charge in [0.15, 0.2) is 0 Å². The molecule has 0 amide bonds. The Bertz CT molecular complexity index is 201. The Morgan fingerprint density at radius 3 is 2.00 bits per heavy atom. The molecule has 0 fully saturated rings. The van der Waals surface area contributed by atoms with E-state index in [1.165, 1.54) is 13.8 Å². The molecule has 0 aromatic rings. The van der Waals surface area contributed by atoms with Crippen LogP contribution in [0.2, 0.25) is 0 Å². The highest BCUT2D eigenvalue weighted by Gasteiger charge is 2.40. The summed E-state index contributed by atoms with van der Waals surface area (Å²) < 4.78 is 0. The van der Waals surface area contributed by atoms with Gasteiger partial charge >= 0.3 is 0 Å². The molecule has 14 heavy (non-hydrogen) atoms. The lowest BCUT2D eigenvalue weighted by atomic mass is 9.87. The van der Waals surface area contributed by atoms with E-state index in [1.807, 2.05) is 13.8 Å². The summed E-state index contributed by atoms with van der Waals surface area (Å²) in [5.41, 5.74) is -1.36. The van der Waals surface area contributed by atoms with Crippen molar-refractivity contribution in [1.29, 1.82) is 0 Å². The van der Waals surface area contributed by atoms with E-state index in [9.17, 15) is 19.7 Å². The average molecular weight is 203 g/mol. The van der Waals surface area contributed by atoms with Crippen LogP contribution in [0.3, 0.4) is 0 Å². The molecule has 0 aliphatic heterocycles. The minimum Gasteiger partial charge on any atom is -0.303 e. The van der Waals surface area contributed by atoms with Crippen LogP contribution in [0.15, 0.2) is 0 Å². The van der Waals surface area contributed by atoms with E-state index in [4.69, 9.17) is 0 Å². The number of carbonyl (C=O) groups is 2. The summed E-state index contributed by atoms with van der Waals surface area (Å²) >= 11 is 0. The normalized spacial score (nSPS) is 12.0. The largest absolute Gasteiger partial charge is 0.303 e. The number of carbonyl (C=O) groups excluding carboxylic acids is 2. The van der Waals surface area contributed by atoms with Gasteiger partial charge in [-0.05, 0) is 0 Å². The van der Waals surface area contributed by atoms with Gasteiger partial charge in [0.25, 0.3) is 0 Å². The summed E-state index contributed by atoms with van der Waals surface area (Å²) in [6.07, 6.45) is 0.874. The van der Waals surface area contributed by atoms with E-state index in [2.05, 4.69) is 0 Å². The third-order valence-corrected chi connectivity index (χ3v) is 1.89. The van der Waals surface area contributed by atoms with Crippen molar-refractivity contribution < 1.29 is 14.5 Å². The van der Waals surface area contributed by atoms with Crippen LogP contribution >= 0.6 is 0 Å². The molecule has 0 spiro atoms. The zero-order valence-corrected chi connectivity index (χ0v) is 9.02. The fourth-order valence-corrected chi connectivity index (χ4v) is 0.750. The topological polar surface area (TPSA) is 77.3 Å². The Morgan fingerprint density at radius 1 is 1.36 bits per heavy atom. The molecule has 0 aromatic heterocycles. The van der Waals surface area contributed by atoms with E-state index >= 15 is 0 Å². The molecule has 0 bridgehead atoms. The van der Waals surface area contributed by atoms with Gasteiger partial charge in [0.2, 0.25) is 5.54 Å². The van der Waals surface area contributed by atoms with Gasteiger partial charge in [0.05, 0.1) is 5.92 Å². The van der Waals surface area contributed by atoms with E-state index in [-0.39, 0.29) is 6.42 Å². The van der Waals surface area contributed by atoms with Gasteiger partial charge < -0.3 is 9.59 Å². The van der Waals surface area contributed by atoms with Crippen LogP contribution in [0, 0.1) is 16.0 Å². The first-order chi connectivity index (χ1) is 6.46. The summed E-state index contributed by atoms with van der Waals surface area (Å²) in [6, 6.07) is 0. The van der Waals surface area contributed by atoms with E-state index in [0.717, 1.165) is 0 Å². The first-order valence-corrected chi connectivity index (χ1v) is 4.50. The monoisotopic (exact) mass is 203 g/mol. The molecule has 1 unspecified atom stereocenters. The standard InChI is InChI=1S/C7H11NO4.C2H6/c1-7(2,8(11)12)6(5-10)3-4-9;1-2/h4-6H,3H2,1-2H3;1-2H3. The van der Waals surface area contributed by atoms with Crippen LogP contribution in [0.4, 0.5) is 0 Å². The fourth-order valence-electron chi connectivity index (χ4n) is 0.750. The summed E-state index contributed by atoms with van der Waals surface area (Å²) in [4.78, 5) is 30.3. The number of nitro groups is 1. The molecular weight excluding hydrogens is 186 g/mol. The first kappa shape index (κ1) is 15.2. The van der Waals surface area contributed by atoms with Crippen LogP contribution in [-0.4, -0.2) is 23.0 Å². The fraction of sp³-hybridized carbons (Fsp3) is 0.778. The molecule has 82 valence electrons. The number of nitrogens with zero attached hydrogens (tertiary/aromatic N) is 1. The van der Waals surface area contributed by atoms with Crippen molar-refractivity contribution in [1.82, 2.24) is 0 Å². The maximum Gasteiger partial charge on any atom is 0.226 e. The lowest BCUT2D eigenvalue weighted by Gasteiger charge is -2.19. The highest BCUT2D eigenvalue weighted by Crippen LogP contribution is 2.20. The Hall–Kier alpha value is -1.26. The summed E-state index contributed by atoms with van der Waals surface area (Å²) in [7, 11) is 0. The van der Waals surface area contributed by atoms with E-state index in [0.29, 0.717) is 12.6 Å². The van der Waals surface area contributed by atoms with Gasteiger partial charge in [-0.25, -0.2) is 0 Å². The second kappa shape index (κ2) is 7.17. The van der Waals surface area contributed by atoms with Crippen LogP contribution in [0.1, 0.15) is 34.1 Å². The quantitative estimate of drug-likeness (QED) is 0.385. The van der Waals surface area contributed by atoms with Gasteiger partial charge in [0.1, 0.15) is 12.6 Å². The Kier molecular flexibility index (Phi) is 7.80. The zero-order valence-electron chi connectivity index (χ0n) is 9.02. The van der Waals surface area contributed by atoms with Crippen molar-refractivity contribution >= 4 is 12.6 Å². The summed E-state index contributed by atoms with van der Waals surface area (Å²) in [5, 5.41) is 10.4. The smallest absolute Gasteiger partial charge is 0.226 e. The van der Waals surface area contributed by atoms with Gasteiger partial charge in [-0.15, -0.1) is 0 Å². The molecule has 0 saturated carbocycles. The number of rotatable bonds is 5. The van der Waals surface area contributed by atoms with Gasteiger partial charge in [-0.1, -0.05) is 13.8 Å². The maximum atomic E-state index is 10.4. The second-order valence-corrected chi connectivity index (χ2v) is 3.06. The molecule has 0 aliphatic carbocycles. The number of hydrogen-bond donors (Lipinski definition) is 0. The van der Waals surface area contributed by atoms with Gasteiger partial charge in [-0.3, -0.25) is 10.1 Å². The number of aldehydes is 2. The Morgan fingerprint density at radius 2 is 1.79 bits per heavy atom. The van der Waals surface area contributed by atoms with Gasteiger partial charge in [-0.2, -0.15) is 0 Å². The molecule has 0 N–H and O–H groups in total. The Balaban J connectivity index is 0. The zero-order chi connectivity index (χ0) is 11.8. The third kappa shape index (κ3) is 4.11. The van der Waals surface area contributed by atoms with E-state index in [1.54, 1.807) is 0 Å².